The van der Waals surface area contributed by atoms with E-state index >= 15 is 0 Å². The fourth-order valence-electron chi connectivity index (χ4n) is 4.57. The first-order valence-electron chi connectivity index (χ1n) is 8.93. The van der Waals surface area contributed by atoms with Crippen LogP contribution in [0.5, 0.6) is 0 Å². The second-order valence-corrected chi connectivity index (χ2v) is 7.98. The zero-order valence-electron chi connectivity index (χ0n) is 14.3. The van der Waals surface area contributed by atoms with Crippen LogP contribution in [0.1, 0.15) is 61.3 Å². The topological polar surface area (TPSA) is 15.6 Å². The molecule has 2 aliphatic heterocycles. The smallest absolute Gasteiger partial charge is 0.0473 e. The summed E-state index contributed by atoms with van der Waals surface area (Å²) >= 11 is 0. The molecule has 0 amide bonds. The Morgan fingerprint density at radius 2 is 1.95 bits per heavy atom. The van der Waals surface area contributed by atoms with Gasteiger partial charge in [0.1, 0.15) is 0 Å². The molecule has 1 spiro atoms. The molecule has 4 rings (SSSR count). The Labute approximate surface area is 134 Å². The Kier molecular flexibility index (Phi) is 3.41. The highest BCUT2D eigenvalue weighted by molar-refractivity contribution is 5.84. The predicted octanol–water partition coefficient (Wildman–Crippen LogP) is 4.10. The normalized spacial score (nSPS) is 23.7. The summed E-state index contributed by atoms with van der Waals surface area (Å²) in [6, 6.07) is 4.99. The summed E-state index contributed by atoms with van der Waals surface area (Å²) in [6.45, 7) is 11.5. The van der Waals surface area contributed by atoms with Crippen molar-refractivity contribution in [2.45, 2.75) is 58.9 Å². The summed E-state index contributed by atoms with van der Waals surface area (Å²) in [5.41, 5.74) is 8.15. The summed E-state index contributed by atoms with van der Waals surface area (Å²) in [7, 11) is 0. The van der Waals surface area contributed by atoms with Crippen LogP contribution < -0.4 is 0 Å². The summed E-state index contributed by atoms with van der Waals surface area (Å²) < 4.78 is 0. The lowest BCUT2D eigenvalue weighted by atomic mass is 9.77. The molecule has 1 saturated heterocycles. The molecular weight excluding hydrogens is 268 g/mol. The molecule has 1 aliphatic carbocycles. The lowest BCUT2D eigenvalue weighted by Gasteiger charge is -2.48. The van der Waals surface area contributed by atoms with Crippen LogP contribution in [0.25, 0.3) is 0 Å². The van der Waals surface area contributed by atoms with Gasteiger partial charge in [-0.2, -0.15) is 0 Å². The number of aryl methyl sites for hydroxylation is 2. The molecule has 1 aromatic rings. The zero-order chi connectivity index (χ0) is 15.3. The largest absolute Gasteiger partial charge is 0.298 e. The maximum Gasteiger partial charge on any atom is 0.0473 e. The van der Waals surface area contributed by atoms with Crippen molar-refractivity contribution in [3.05, 3.63) is 34.4 Å². The molecule has 2 nitrogen and oxygen atoms in total. The van der Waals surface area contributed by atoms with E-state index in [0.717, 1.165) is 25.4 Å². The summed E-state index contributed by atoms with van der Waals surface area (Å²) in [5, 5.41) is 0. The van der Waals surface area contributed by atoms with Crippen LogP contribution in [0.3, 0.4) is 0 Å². The van der Waals surface area contributed by atoms with Gasteiger partial charge in [0.05, 0.1) is 0 Å². The molecule has 0 bridgehead atoms. The molecule has 2 fully saturated rings. The number of benzene rings is 1. The van der Waals surface area contributed by atoms with E-state index in [2.05, 4.69) is 42.8 Å². The van der Waals surface area contributed by atoms with Gasteiger partial charge < -0.3 is 0 Å². The van der Waals surface area contributed by atoms with Gasteiger partial charge in [0, 0.05) is 37.3 Å². The predicted molar refractivity (Wildman–Crippen MR) is 92.8 cm³/mol. The van der Waals surface area contributed by atoms with Crippen molar-refractivity contribution in [3.63, 3.8) is 0 Å². The van der Waals surface area contributed by atoms with E-state index in [4.69, 9.17) is 0 Å². The minimum Gasteiger partial charge on any atom is -0.298 e. The second kappa shape index (κ2) is 5.19. The van der Waals surface area contributed by atoms with Crippen molar-refractivity contribution in [2.75, 3.05) is 19.6 Å². The van der Waals surface area contributed by atoms with Crippen LogP contribution in [0.4, 0.5) is 0 Å². The highest BCUT2D eigenvalue weighted by Crippen LogP contribution is 2.43. The molecule has 22 heavy (non-hydrogen) atoms. The van der Waals surface area contributed by atoms with Crippen molar-refractivity contribution < 1.29 is 0 Å². The Balaban J connectivity index is 1.48. The molecule has 1 saturated carbocycles. The van der Waals surface area contributed by atoms with Crippen LogP contribution >= 0.6 is 0 Å². The van der Waals surface area contributed by atoms with Gasteiger partial charge in [0.25, 0.3) is 0 Å². The van der Waals surface area contributed by atoms with E-state index < -0.39 is 0 Å². The first-order chi connectivity index (χ1) is 10.6. The molecule has 2 heterocycles. The van der Waals surface area contributed by atoms with E-state index in [9.17, 15) is 0 Å². The van der Waals surface area contributed by atoms with Crippen molar-refractivity contribution in [1.29, 1.82) is 0 Å². The van der Waals surface area contributed by atoms with Crippen molar-refractivity contribution in [3.8, 4) is 0 Å². The molecule has 0 N–H and O–H groups in total. The monoisotopic (exact) mass is 296 g/mol. The molecule has 0 unspecified atom stereocenters. The third-order valence-electron chi connectivity index (χ3n) is 5.81. The standard InChI is InChI=1S/C20H28N2/c1-4-16-7-14(2)19(17-5-6-17)8-18(16)10-22-12-20(13-22)9-15(3)21-11-20/h7-8,17H,4-6,9-13H2,1-3H3. The van der Waals surface area contributed by atoms with E-state index in [1.54, 1.807) is 16.7 Å². The number of hydrogen-bond donors (Lipinski definition) is 0. The van der Waals surface area contributed by atoms with Gasteiger partial charge in [-0.15, -0.1) is 0 Å². The van der Waals surface area contributed by atoms with Crippen LogP contribution in [-0.2, 0) is 13.0 Å². The van der Waals surface area contributed by atoms with Crippen LogP contribution in [0.15, 0.2) is 17.1 Å². The van der Waals surface area contributed by atoms with E-state index in [-0.39, 0.29) is 0 Å². The fraction of sp³-hybridized carbons (Fsp3) is 0.650. The number of nitrogens with zero attached hydrogens (tertiary/aromatic N) is 2. The van der Waals surface area contributed by atoms with E-state index in [0.29, 0.717) is 5.41 Å². The highest BCUT2D eigenvalue weighted by atomic mass is 15.2. The van der Waals surface area contributed by atoms with Crippen molar-refractivity contribution in [2.24, 2.45) is 10.4 Å². The molecule has 0 radical (unpaired) electrons. The van der Waals surface area contributed by atoms with Crippen LogP contribution in [0.2, 0.25) is 0 Å². The van der Waals surface area contributed by atoms with E-state index in [1.807, 2.05) is 0 Å². The maximum absolute atomic E-state index is 4.63. The lowest BCUT2D eigenvalue weighted by Crippen LogP contribution is -2.56. The van der Waals surface area contributed by atoms with Gasteiger partial charge in [0.2, 0.25) is 0 Å². The Morgan fingerprint density at radius 3 is 2.55 bits per heavy atom. The second-order valence-electron chi connectivity index (χ2n) is 7.98. The first-order valence-corrected chi connectivity index (χ1v) is 8.93. The Bertz CT molecular complexity index is 619. The third kappa shape index (κ3) is 2.52. The van der Waals surface area contributed by atoms with Gasteiger partial charge in [-0.05, 0) is 67.7 Å². The van der Waals surface area contributed by atoms with Crippen molar-refractivity contribution in [1.82, 2.24) is 4.90 Å². The highest BCUT2D eigenvalue weighted by Gasteiger charge is 2.45. The minimum absolute atomic E-state index is 0.500. The Hall–Kier alpha value is -1.15. The maximum atomic E-state index is 4.63. The van der Waals surface area contributed by atoms with Crippen molar-refractivity contribution >= 4 is 5.71 Å². The fourth-order valence-corrected chi connectivity index (χ4v) is 4.57. The molecular formula is C20H28N2. The van der Waals surface area contributed by atoms with Crippen LogP contribution in [0, 0.1) is 12.3 Å². The number of likely N-dealkylation sites (tertiary alicyclic amines) is 1. The first kappa shape index (κ1) is 14.4. The molecule has 3 aliphatic rings. The summed E-state index contributed by atoms with van der Waals surface area (Å²) in [6.07, 6.45) is 5.18. The Morgan fingerprint density at radius 1 is 1.18 bits per heavy atom. The van der Waals surface area contributed by atoms with E-state index in [1.165, 1.54) is 43.6 Å². The van der Waals surface area contributed by atoms with Crippen LogP contribution in [-0.4, -0.2) is 30.2 Å². The molecule has 0 atom stereocenters. The average Bonchev–Trinajstić information content (AvgIpc) is 3.22. The molecule has 1 aromatic carbocycles. The number of rotatable bonds is 4. The average molecular weight is 296 g/mol. The number of hydrogen-bond acceptors (Lipinski definition) is 2. The molecule has 0 aromatic heterocycles. The SMILES string of the molecule is CCc1cc(C)c(C2CC2)cc1CN1CC2(CN=C(C)C2)C1. The number of aliphatic imine (C=N–C) groups is 1. The quantitative estimate of drug-likeness (QED) is 0.816. The summed E-state index contributed by atoms with van der Waals surface area (Å²) in [5.74, 6) is 0.860. The molecule has 118 valence electrons. The van der Waals surface area contributed by atoms with Gasteiger partial charge in [-0.3, -0.25) is 9.89 Å². The third-order valence-corrected chi connectivity index (χ3v) is 5.81. The van der Waals surface area contributed by atoms with Gasteiger partial charge in [-0.1, -0.05) is 19.1 Å². The minimum atomic E-state index is 0.500. The summed E-state index contributed by atoms with van der Waals surface area (Å²) in [4.78, 5) is 7.27. The molecule has 2 heteroatoms. The zero-order valence-corrected chi connectivity index (χ0v) is 14.3. The lowest BCUT2D eigenvalue weighted by molar-refractivity contribution is 0.0129. The van der Waals surface area contributed by atoms with Gasteiger partial charge in [-0.25, -0.2) is 0 Å². The van der Waals surface area contributed by atoms with Gasteiger partial charge >= 0.3 is 0 Å². The van der Waals surface area contributed by atoms with Gasteiger partial charge in [0.15, 0.2) is 0 Å².